The molecule has 5 aliphatic rings. The van der Waals surface area contributed by atoms with Crippen molar-refractivity contribution in [2.45, 2.75) is 81.6 Å². The number of fused-ring (bicyclic) bond motifs is 6. The Morgan fingerprint density at radius 3 is 2.05 bits per heavy atom. The highest BCUT2D eigenvalue weighted by molar-refractivity contribution is 5.84. The molecule has 1 heteroatoms. The van der Waals surface area contributed by atoms with Crippen molar-refractivity contribution in [1.82, 2.24) is 0 Å². The van der Waals surface area contributed by atoms with Gasteiger partial charge in [-0.3, -0.25) is 0 Å². The minimum absolute atomic E-state index is 0.0368. The molecular formula is C54H53N. The smallest absolute Gasteiger partial charge is 0.0798 e. The lowest BCUT2D eigenvalue weighted by Crippen LogP contribution is -2.60. The Morgan fingerprint density at radius 2 is 1.38 bits per heavy atom. The van der Waals surface area contributed by atoms with Gasteiger partial charge in [-0.1, -0.05) is 172 Å². The fourth-order valence-electron chi connectivity index (χ4n) is 10.5. The molecule has 1 nitrogen and oxygen atoms in total. The van der Waals surface area contributed by atoms with E-state index in [1.165, 1.54) is 61.4 Å². The predicted octanol–water partition coefficient (Wildman–Crippen LogP) is 14.1. The highest BCUT2D eigenvalue weighted by Crippen LogP contribution is 2.57. The van der Waals surface area contributed by atoms with Crippen LogP contribution in [0.15, 0.2) is 177 Å². The van der Waals surface area contributed by atoms with Crippen molar-refractivity contribution in [2.24, 2.45) is 5.92 Å². The Hall–Kier alpha value is -5.40. The van der Waals surface area contributed by atoms with Gasteiger partial charge in [-0.25, -0.2) is 0 Å². The fraction of sp³-hybridized carbons (Fsp3) is 0.259. The SMILES string of the molecule is C=CCC1(N(c2ccc(-c3ccc(C4(C)C=CC=CC4)cc3)cc2)c2ccc3c(c2)C(C)(C)c2cc(C)ccc2-3)/C=C\CC2C=C[C@@]1(c1ccccc1)CC2. The number of nitrogens with zero attached hydrogens (tertiary/aromatic N) is 1. The first-order valence-corrected chi connectivity index (χ1v) is 20.3. The van der Waals surface area contributed by atoms with Crippen LogP contribution in [0.5, 0.6) is 0 Å². The Balaban J connectivity index is 1.22. The van der Waals surface area contributed by atoms with Crippen molar-refractivity contribution >= 4 is 11.4 Å². The van der Waals surface area contributed by atoms with Crippen LogP contribution < -0.4 is 4.90 Å². The van der Waals surface area contributed by atoms with Crippen LogP contribution in [0.3, 0.4) is 0 Å². The molecule has 5 aliphatic carbocycles. The molecule has 4 atom stereocenters. The maximum atomic E-state index is 4.45. The molecule has 0 radical (unpaired) electrons. The number of allylic oxidation sites excluding steroid dienone is 6. The third-order valence-corrected chi connectivity index (χ3v) is 13.6. The minimum Gasteiger partial charge on any atom is -0.330 e. The van der Waals surface area contributed by atoms with E-state index in [9.17, 15) is 0 Å². The van der Waals surface area contributed by atoms with E-state index in [2.05, 4.69) is 209 Å². The molecule has 10 rings (SSSR count). The summed E-state index contributed by atoms with van der Waals surface area (Å²) in [6, 6.07) is 44.2. The van der Waals surface area contributed by atoms with Gasteiger partial charge in [0.1, 0.15) is 0 Å². The van der Waals surface area contributed by atoms with Gasteiger partial charge in [-0.05, 0) is 114 Å². The van der Waals surface area contributed by atoms with Crippen LogP contribution in [0.4, 0.5) is 11.4 Å². The molecule has 55 heavy (non-hydrogen) atoms. The lowest BCUT2D eigenvalue weighted by Gasteiger charge is -2.57. The fourth-order valence-corrected chi connectivity index (χ4v) is 10.5. The number of rotatable bonds is 8. The molecule has 0 heterocycles. The number of anilines is 2. The van der Waals surface area contributed by atoms with Crippen LogP contribution >= 0.6 is 0 Å². The maximum Gasteiger partial charge on any atom is 0.0798 e. The molecule has 0 saturated heterocycles. The van der Waals surface area contributed by atoms with Gasteiger partial charge in [0.2, 0.25) is 0 Å². The summed E-state index contributed by atoms with van der Waals surface area (Å²) in [5.74, 6) is 0.574. The van der Waals surface area contributed by atoms with Gasteiger partial charge in [0, 0.05) is 27.6 Å². The molecule has 0 saturated carbocycles. The van der Waals surface area contributed by atoms with E-state index >= 15 is 0 Å². The van der Waals surface area contributed by atoms with Gasteiger partial charge >= 0.3 is 0 Å². The van der Waals surface area contributed by atoms with Gasteiger partial charge in [0.25, 0.3) is 0 Å². The van der Waals surface area contributed by atoms with Crippen molar-refractivity contribution in [3.05, 3.63) is 204 Å². The Morgan fingerprint density at radius 1 is 0.691 bits per heavy atom. The summed E-state index contributed by atoms with van der Waals surface area (Å²) < 4.78 is 0. The largest absolute Gasteiger partial charge is 0.330 e. The summed E-state index contributed by atoms with van der Waals surface area (Å²) in [7, 11) is 0. The molecular weight excluding hydrogens is 663 g/mol. The zero-order chi connectivity index (χ0) is 37.8. The molecule has 0 spiro atoms. The van der Waals surface area contributed by atoms with Crippen molar-refractivity contribution in [3.63, 3.8) is 0 Å². The molecule has 2 bridgehead atoms. The van der Waals surface area contributed by atoms with E-state index in [1.807, 2.05) is 0 Å². The molecule has 0 amide bonds. The van der Waals surface area contributed by atoms with Crippen LogP contribution in [0.25, 0.3) is 22.3 Å². The third-order valence-electron chi connectivity index (χ3n) is 13.6. The third kappa shape index (κ3) is 5.66. The van der Waals surface area contributed by atoms with E-state index in [0.717, 1.165) is 32.1 Å². The summed E-state index contributed by atoms with van der Waals surface area (Å²) >= 11 is 0. The maximum absolute atomic E-state index is 4.45. The van der Waals surface area contributed by atoms with Crippen LogP contribution in [-0.2, 0) is 16.2 Å². The van der Waals surface area contributed by atoms with E-state index in [1.54, 1.807) is 0 Å². The van der Waals surface area contributed by atoms with E-state index < -0.39 is 5.54 Å². The van der Waals surface area contributed by atoms with Crippen molar-refractivity contribution < 1.29 is 0 Å². The number of benzene rings is 5. The molecule has 0 N–H and O–H groups in total. The summed E-state index contributed by atoms with van der Waals surface area (Å²) in [6.07, 6.45) is 26.3. The second-order valence-electron chi connectivity index (χ2n) is 17.3. The second-order valence-corrected chi connectivity index (χ2v) is 17.3. The zero-order valence-corrected chi connectivity index (χ0v) is 32.9. The van der Waals surface area contributed by atoms with Crippen LogP contribution in [-0.4, -0.2) is 5.54 Å². The molecule has 5 aromatic rings. The zero-order valence-electron chi connectivity index (χ0n) is 32.9. The Bertz CT molecular complexity index is 2370. The van der Waals surface area contributed by atoms with Crippen molar-refractivity contribution in [1.29, 1.82) is 0 Å². The minimum atomic E-state index is -0.459. The van der Waals surface area contributed by atoms with Crippen molar-refractivity contribution in [3.8, 4) is 22.3 Å². The average Bonchev–Trinajstić information content (AvgIpc) is 3.43. The van der Waals surface area contributed by atoms with E-state index in [-0.39, 0.29) is 16.2 Å². The van der Waals surface area contributed by atoms with Crippen LogP contribution in [0, 0.1) is 12.8 Å². The van der Waals surface area contributed by atoms with Crippen LogP contribution in [0.1, 0.15) is 80.7 Å². The highest BCUT2D eigenvalue weighted by Gasteiger charge is 2.54. The lowest BCUT2D eigenvalue weighted by atomic mass is 9.56. The molecule has 274 valence electrons. The predicted molar refractivity (Wildman–Crippen MR) is 234 cm³/mol. The Labute approximate surface area is 329 Å². The number of aryl methyl sites for hydroxylation is 1. The Kier molecular flexibility index (Phi) is 8.61. The number of hydrogen-bond donors (Lipinski definition) is 0. The van der Waals surface area contributed by atoms with Gasteiger partial charge < -0.3 is 4.90 Å². The molecule has 0 aromatic heterocycles. The van der Waals surface area contributed by atoms with Crippen LogP contribution in [0.2, 0.25) is 0 Å². The standard InChI is InChI=1S/C54H53N/c1-6-31-54(34-13-14-40-29-35-53(54,36-30-40)44-15-9-7-10-16-44)55(46-26-28-48-47-27-17-39(2)37-49(47)51(3,4)50(48)38-46)45-24-20-42(21-25-45)41-18-22-43(23-19-41)52(5)32-11-8-12-33-52/h6-13,15-29,32,34-35,37-38,40H,1,14,30-31,33,36H2,2-5H3/b34-13-/t40?,52?,53-,54?/m0/s1. The molecule has 0 fully saturated rings. The highest BCUT2D eigenvalue weighted by atomic mass is 15.2. The van der Waals surface area contributed by atoms with Gasteiger partial charge in [-0.15, -0.1) is 6.58 Å². The first-order valence-electron chi connectivity index (χ1n) is 20.3. The first-order chi connectivity index (χ1) is 26.7. The second kappa shape index (κ2) is 13.4. The van der Waals surface area contributed by atoms with E-state index in [4.69, 9.17) is 0 Å². The molecule has 5 aromatic carbocycles. The molecule has 3 unspecified atom stereocenters. The van der Waals surface area contributed by atoms with E-state index in [0.29, 0.717) is 5.92 Å². The summed E-state index contributed by atoms with van der Waals surface area (Å²) in [5.41, 5.74) is 13.6. The summed E-state index contributed by atoms with van der Waals surface area (Å²) in [6.45, 7) is 13.8. The topological polar surface area (TPSA) is 3.24 Å². The molecule has 0 aliphatic heterocycles. The quantitative estimate of drug-likeness (QED) is 0.145. The van der Waals surface area contributed by atoms with Crippen molar-refractivity contribution in [2.75, 3.05) is 4.90 Å². The summed E-state index contributed by atoms with van der Waals surface area (Å²) in [5, 5.41) is 0. The normalized spacial score (nSPS) is 26.1. The average molecular weight is 716 g/mol. The van der Waals surface area contributed by atoms with Gasteiger partial charge in [0.15, 0.2) is 0 Å². The summed E-state index contributed by atoms with van der Waals surface area (Å²) in [4.78, 5) is 2.69. The van der Waals surface area contributed by atoms with Gasteiger partial charge in [0.05, 0.1) is 5.54 Å². The monoisotopic (exact) mass is 715 g/mol. The first kappa shape index (κ1) is 35.3. The number of hydrogen-bond acceptors (Lipinski definition) is 1. The van der Waals surface area contributed by atoms with Gasteiger partial charge in [-0.2, -0.15) is 0 Å². The lowest BCUT2D eigenvalue weighted by molar-refractivity contribution is 0.267.